The van der Waals surface area contributed by atoms with Crippen molar-refractivity contribution in [2.75, 3.05) is 0 Å². The molecule has 2 aliphatic heterocycles. The van der Waals surface area contributed by atoms with Crippen LogP contribution in [0.1, 0.15) is 35.4 Å². The van der Waals surface area contributed by atoms with Crippen molar-refractivity contribution in [3.63, 3.8) is 0 Å². The van der Waals surface area contributed by atoms with Crippen molar-refractivity contribution >= 4 is 40.5 Å². The molecule has 0 fully saturated rings. The van der Waals surface area contributed by atoms with Crippen molar-refractivity contribution in [1.82, 2.24) is 5.01 Å². The number of fused-ring (bicyclic) bond motifs is 3. The van der Waals surface area contributed by atoms with Gasteiger partial charge in [0.05, 0.1) is 17.3 Å². The average molecular weight is 446 g/mol. The fourth-order valence-corrected chi connectivity index (χ4v) is 4.29. The van der Waals surface area contributed by atoms with Crippen LogP contribution in [-0.4, -0.2) is 15.8 Å². The van der Waals surface area contributed by atoms with Gasteiger partial charge in [-0.25, -0.2) is 5.01 Å². The van der Waals surface area contributed by atoms with E-state index in [1.807, 2.05) is 41.4 Å². The fourth-order valence-electron chi connectivity index (χ4n) is 3.80. The Kier molecular flexibility index (Phi) is 4.58. The van der Waals surface area contributed by atoms with Crippen LogP contribution < -0.4 is 4.74 Å². The maximum atomic E-state index is 10.5. The minimum Gasteiger partial charge on any atom is -0.507 e. The summed E-state index contributed by atoms with van der Waals surface area (Å²) in [7, 11) is 0. The Hall–Kier alpha value is -2.40. The highest BCUT2D eigenvalue weighted by molar-refractivity contribution is 6.31. The molecule has 4 nitrogen and oxygen atoms in total. The van der Waals surface area contributed by atoms with E-state index in [0.29, 0.717) is 32.8 Å². The van der Waals surface area contributed by atoms with Gasteiger partial charge in [0.2, 0.25) is 6.23 Å². The molecule has 2 heterocycles. The van der Waals surface area contributed by atoms with Gasteiger partial charge in [0.1, 0.15) is 11.5 Å². The van der Waals surface area contributed by atoms with E-state index in [0.717, 1.165) is 16.8 Å². The number of hydrogen-bond donors (Lipinski definition) is 1. The second kappa shape index (κ2) is 7.13. The van der Waals surface area contributed by atoms with E-state index >= 15 is 0 Å². The van der Waals surface area contributed by atoms with Gasteiger partial charge in [0, 0.05) is 27.1 Å². The number of ether oxygens (including phenoxy) is 1. The zero-order chi connectivity index (χ0) is 20.1. The Morgan fingerprint density at radius 1 is 0.862 bits per heavy atom. The molecule has 0 bridgehead atoms. The molecule has 0 unspecified atom stereocenters. The highest BCUT2D eigenvalue weighted by Crippen LogP contribution is 2.49. The van der Waals surface area contributed by atoms with E-state index in [9.17, 15) is 5.11 Å². The van der Waals surface area contributed by atoms with Crippen LogP contribution in [0.5, 0.6) is 11.5 Å². The van der Waals surface area contributed by atoms with Crippen LogP contribution in [0, 0.1) is 0 Å². The van der Waals surface area contributed by atoms with Crippen molar-refractivity contribution in [2.24, 2.45) is 5.10 Å². The van der Waals surface area contributed by atoms with Gasteiger partial charge < -0.3 is 9.84 Å². The third-order valence-electron chi connectivity index (χ3n) is 5.18. The molecule has 1 N–H and O–H groups in total. The first kappa shape index (κ1) is 18.6. The lowest BCUT2D eigenvalue weighted by atomic mass is 9.96. The topological polar surface area (TPSA) is 45.1 Å². The molecular weight excluding hydrogens is 431 g/mol. The summed E-state index contributed by atoms with van der Waals surface area (Å²) >= 11 is 18.5. The summed E-state index contributed by atoms with van der Waals surface area (Å²) in [5.74, 6) is 0.818. The summed E-state index contributed by atoms with van der Waals surface area (Å²) in [6.07, 6.45) is 0.0630. The van der Waals surface area contributed by atoms with Crippen LogP contribution in [0.3, 0.4) is 0 Å². The molecule has 2 atom stereocenters. The van der Waals surface area contributed by atoms with Crippen LogP contribution in [0.15, 0.2) is 65.8 Å². The minimum absolute atomic E-state index is 0.0773. The molecule has 7 heteroatoms. The molecule has 0 saturated heterocycles. The monoisotopic (exact) mass is 444 g/mol. The van der Waals surface area contributed by atoms with Crippen LogP contribution in [0.4, 0.5) is 0 Å². The highest BCUT2D eigenvalue weighted by Gasteiger charge is 2.42. The molecule has 0 spiro atoms. The Bertz CT molecular complexity index is 1130. The van der Waals surface area contributed by atoms with Gasteiger partial charge in [-0.05, 0) is 54.1 Å². The van der Waals surface area contributed by atoms with E-state index in [1.54, 1.807) is 24.3 Å². The molecule has 2 aliphatic rings. The van der Waals surface area contributed by atoms with Gasteiger partial charge in [0.15, 0.2) is 0 Å². The fraction of sp³-hybridized carbons (Fsp3) is 0.136. The second-order valence-corrected chi connectivity index (χ2v) is 8.32. The number of rotatable bonds is 2. The number of benzene rings is 3. The number of halogens is 3. The van der Waals surface area contributed by atoms with Gasteiger partial charge in [-0.2, -0.15) is 5.10 Å². The zero-order valence-corrected chi connectivity index (χ0v) is 17.3. The standard InChI is InChI=1S/C22H15Cl3N2O2/c23-13-3-1-12(2-4-13)18-11-19-16-9-15(25)6-8-21(16)29-22(27(19)26-18)17-10-14(24)5-7-20(17)28/h1-10,19,22,28H,11H2/t19-,22+/m0/s1. The van der Waals surface area contributed by atoms with Gasteiger partial charge >= 0.3 is 0 Å². The Morgan fingerprint density at radius 2 is 1.52 bits per heavy atom. The van der Waals surface area contributed by atoms with Crippen molar-refractivity contribution in [1.29, 1.82) is 0 Å². The quantitative estimate of drug-likeness (QED) is 0.483. The van der Waals surface area contributed by atoms with Gasteiger partial charge in [-0.15, -0.1) is 0 Å². The van der Waals surface area contributed by atoms with Gasteiger partial charge in [-0.1, -0.05) is 46.9 Å². The molecule has 0 amide bonds. The van der Waals surface area contributed by atoms with Crippen molar-refractivity contribution < 1.29 is 9.84 Å². The van der Waals surface area contributed by atoms with Crippen molar-refractivity contribution in [3.8, 4) is 11.5 Å². The number of hydrogen-bond acceptors (Lipinski definition) is 4. The number of phenolic OH excluding ortho intramolecular Hbond substituents is 1. The molecule has 0 aliphatic carbocycles. The smallest absolute Gasteiger partial charge is 0.217 e. The molecule has 5 rings (SSSR count). The maximum absolute atomic E-state index is 10.5. The SMILES string of the molecule is Oc1ccc(Cl)cc1[C@H]1Oc2ccc(Cl)cc2[C@@H]2CC(c3ccc(Cl)cc3)=NN12. The predicted octanol–water partition coefficient (Wildman–Crippen LogP) is 6.59. The van der Waals surface area contributed by atoms with E-state index < -0.39 is 6.23 Å². The molecule has 3 aromatic rings. The molecule has 146 valence electrons. The summed E-state index contributed by atoms with van der Waals surface area (Å²) in [4.78, 5) is 0. The maximum Gasteiger partial charge on any atom is 0.217 e. The van der Waals surface area contributed by atoms with Crippen LogP contribution in [0.25, 0.3) is 0 Å². The van der Waals surface area contributed by atoms with Crippen LogP contribution >= 0.6 is 34.8 Å². The second-order valence-electron chi connectivity index (χ2n) is 7.01. The van der Waals surface area contributed by atoms with E-state index in [2.05, 4.69) is 0 Å². The predicted molar refractivity (Wildman–Crippen MR) is 115 cm³/mol. The van der Waals surface area contributed by atoms with Crippen molar-refractivity contribution in [2.45, 2.75) is 18.7 Å². The van der Waals surface area contributed by atoms with Crippen LogP contribution in [0.2, 0.25) is 15.1 Å². The molecule has 0 radical (unpaired) electrons. The number of hydrazone groups is 1. The summed E-state index contributed by atoms with van der Waals surface area (Å²) in [5, 5.41) is 19.0. The highest BCUT2D eigenvalue weighted by atomic mass is 35.5. The summed E-state index contributed by atoms with van der Waals surface area (Å²) in [5.41, 5.74) is 3.42. The molecule has 0 saturated carbocycles. The third kappa shape index (κ3) is 3.31. The Balaban J connectivity index is 1.63. The van der Waals surface area contributed by atoms with E-state index in [-0.39, 0.29) is 11.8 Å². The van der Waals surface area contributed by atoms with E-state index in [4.69, 9.17) is 44.6 Å². The average Bonchev–Trinajstić information content (AvgIpc) is 3.16. The van der Waals surface area contributed by atoms with E-state index in [1.165, 1.54) is 0 Å². The zero-order valence-electron chi connectivity index (χ0n) is 15.0. The first-order valence-corrected chi connectivity index (χ1v) is 10.2. The normalized spacial score (nSPS) is 20.0. The van der Waals surface area contributed by atoms with Gasteiger partial charge in [0.25, 0.3) is 0 Å². The Morgan fingerprint density at radius 3 is 2.28 bits per heavy atom. The lowest BCUT2D eigenvalue weighted by Gasteiger charge is -2.38. The first-order chi connectivity index (χ1) is 14.0. The number of nitrogens with zero attached hydrogens (tertiary/aromatic N) is 2. The molecular formula is C22H15Cl3N2O2. The summed E-state index contributed by atoms with van der Waals surface area (Å²) < 4.78 is 6.25. The summed E-state index contributed by atoms with van der Waals surface area (Å²) in [6, 6.07) is 18.0. The molecule has 0 aromatic heterocycles. The lowest BCUT2D eigenvalue weighted by Crippen LogP contribution is -2.33. The molecule has 29 heavy (non-hydrogen) atoms. The van der Waals surface area contributed by atoms with Crippen LogP contribution in [-0.2, 0) is 0 Å². The third-order valence-corrected chi connectivity index (χ3v) is 5.91. The number of phenols is 1. The number of aromatic hydroxyl groups is 1. The van der Waals surface area contributed by atoms with Gasteiger partial charge in [-0.3, -0.25) is 0 Å². The minimum atomic E-state index is -0.614. The lowest BCUT2D eigenvalue weighted by molar-refractivity contribution is -0.0203. The first-order valence-electron chi connectivity index (χ1n) is 9.06. The van der Waals surface area contributed by atoms with Crippen molar-refractivity contribution in [3.05, 3.63) is 92.4 Å². The largest absolute Gasteiger partial charge is 0.507 e. The summed E-state index contributed by atoms with van der Waals surface area (Å²) in [6.45, 7) is 0. The Labute approximate surface area is 182 Å². The molecule has 3 aromatic carbocycles.